The van der Waals surface area contributed by atoms with E-state index in [0.29, 0.717) is 22.0 Å². The minimum atomic E-state index is -0.925. The number of pyridine rings is 1. The lowest BCUT2D eigenvalue weighted by Gasteiger charge is -2.16. The Morgan fingerprint density at radius 2 is 1.70 bits per heavy atom. The van der Waals surface area contributed by atoms with Gasteiger partial charge in [0.2, 0.25) is 0 Å². The largest absolute Gasteiger partial charge is 0.489 e. The lowest BCUT2D eigenvalue weighted by Crippen LogP contribution is -2.43. The molecular formula is C31H25ClFN3O4. The number of benzene rings is 3. The zero-order chi connectivity index (χ0) is 28.1. The number of carbonyl (C=O) groups excluding carboxylic acids is 2. The van der Waals surface area contributed by atoms with Crippen molar-refractivity contribution in [2.45, 2.75) is 19.1 Å². The van der Waals surface area contributed by atoms with Crippen LogP contribution >= 0.6 is 11.6 Å². The fourth-order valence-corrected chi connectivity index (χ4v) is 4.36. The van der Waals surface area contributed by atoms with Crippen LogP contribution in [0.3, 0.4) is 0 Å². The Labute approximate surface area is 235 Å². The molecule has 5 rings (SSSR count). The number of carbonyl (C=O) groups is 2. The van der Waals surface area contributed by atoms with Crippen LogP contribution < -0.4 is 10.1 Å². The Bertz CT molecular complexity index is 1650. The van der Waals surface area contributed by atoms with Crippen molar-refractivity contribution in [2.75, 3.05) is 7.11 Å². The number of halogens is 2. The number of hydrogen-bond donors (Lipinski definition) is 1. The van der Waals surface area contributed by atoms with Crippen LogP contribution in [-0.2, 0) is 22.6 Å². The summed E-state index contributed by atoms with van der Waals surface area (Å²) in [4.78, 5) is 30.0. The van der Waals surface area contributed by atoms with Gasteiger partial charge in [0.05, 0.1) is 7.11 Å². The highest BCUT2D eigenvalue weighted by molar-refractivity contribution is 6.30. The highest BCUT2D eigenvalue weighted by atomic mass is 35.5. The maximum atomic E-state index is 13.4. The number of fused-ring (bicyclic) bond motifs is 1. The van der Waals surface area contributed by atoms with E-state index in [0.717, 1.165) is 16.7 Å². The summed E-state index contributed by atoms with van der Waals surface area (Å²) in [5, 5.41) is 3.39. The molecule has 0 aliphatic heterocycles. The van der Waals surface area contributed by atoms with E-state index in [1.165, 1.54) is 19.2 Å². The Morgan fingerprint density at radius 3 is 2.42 bits per heavy atom. The number of esters is 1. The number of rotatable bonds is 9. The predicted molar refractivity (Wildman–Crippen MR) is 150 cm³/mol. The first kappa shape index (κ1) is 26.9. The van der Waals surface area contributed by atoms with Gasteiger partial charge in [-0.1, -0.05) is 48.0 Å². The highest BCUT2D eigenvalue weighted by Crippen LogP contribution is 2.22. The van der Waals surface area contributed by atoms with Crippen molar-refractivity contribution in [1.82, 2.24) is 14.7 Å². The van der Waals surface area contributed by atoms with Gasteiger partial charge in [0.1, 0.15) is 35.6 Å². The lowest BCUT2D eigenvalue weighted by molar-refractivity contribution is -0.142. The molecule has 0 radical (unpaired) electrons. The van der Waals surface area contributed by atoms with E-state index < -0.39 is 17.9 Å². The number of imidazole rings is 1. The minimum absolute atomic E-state index is 0.170. The average molecular weight is 558 g/mol. The summed E-state index contributed by atoms with van der Waals surface area (Å²) < 4.78 is 25.8. The zero-order valence-corrected chi connectivity index (χ0v) is 22.3. The first-order valence-electron chi connectivity index (χ1n) is 12.5. The molecule has 5 aromatic rings. The molecular weight excluding hydrogens is 533 g/mol. The Morgan fingerprint density at radius 1 is 0.950 bits per heavy atom. The molecule has 202 valence electrons. The Balaban J connectivity index is 1.25. The molecule has 0 fully saturated rings. The molecule has 2 heterocycles. The van der Waals surface area contributed by atoms with Crippen LogP contribution in [0.2, 0.25) is 5.02 Å². The van der Waals surface area contributed by atoms with E-state index in [9.17, 15) is 14.0 Å². The summed E-state index contributed by atoms with van der Waals surface area (Å²) in [5.41, 5.74) is 4.17. The van der Waals surface area contributed by atoms with Gasteiger partial charge in [-0.15, -0.1) is 0 Å². The molecule has 1 N–H and O–H groups in total. The number of hydrogen-bond acceptors (Lipinski definition) is 5. The number of aromatic nitrogens is 2. The summed E-state index contributed by atoms with van der Waals surface area (Å²) in [5.74, 6) is -0.802. The molecule has 0 bridgehead atoms. The third-order valence-electron chi connectivity index (χ3n) is 6.31. The molecule has 1 amide bonds. The Kier molecular flexibility index (Phi) is 8.07. The van der Waals surface area contributed by atoms with Crippen LogP contribution in [0, 0.1) is 5.82 Å². The standard InChI is InChI=1S/C31H25ClFN3O4/c1-39-31(38)27(16-20-5-12-26(13-6-20)40-19-21-3-2-4-25(33)15-21)35-30(37)28-18-36-17-23(9-14-29(36)34-28)22-7-10-24(32)11-8-22/h2-15,17-18,27H,16,19H2,1H3,(H,35,37). The van der Waals surface area contributed by atoms with Gasteiger partial charge in [0, 0.05) is 23.8 Å². The van der Waals surface area contributed by atoms with Gasteiger partial charge in [0.15, 0.2) is 0 Å². The first-order chi connectivity index (χ1) is 19.4. The van der Waals surface area contributed by atoms with Crippen molar-refractivity contribution >= 4 is 29.1 Å². The quantitative estimate of drug-likeness (QED) is 0.229. The van der Waals surface area contributed by atoms with Crippen LogP contribution in [0.4, 0.5) is 4.39 Å². The van der Waals surface area contributed by atoms with Gasteiger partial charge >= 0.3 is 5.97 Å². The minimum Gasteiger partial charge on any atom is -0.489 e. The number of nitrogens with zero attached hydrogens (tertiary/aromatic N) is 2. The summed E-state index contributed by atoms with van der Waals surface area (Å²) in [7, 11) is 1.27. The first-order valence-corrected chi connectivity index (χ1v) is 12.9. The van der Waals surface area contributed by atoms with E-state index in [1.54, 1.807) is 47.0 Å². The normalized spacial score (nSPS) is 11.7. The molecule has 0 aliphatic rings. The lowest BCUT2D eigenvalue weighted by atomic mass is 10.1. The summed E-state index contributed by atoms with van der Waals surface area (Å²) >= 11 is 5.99. The topological polar surface area (TPSA) is 81.9 Å². The molecule has 9 heteroatoms. The number of amides is 1. The molecule has 0 saturated carbocycles. The van der Waals surface area contributed by atoms with E-state index in [4.69, 9.17) is 21.1 Å². The van der Waals surface area contributed by atoms with E-state index >= 15 is 0 Å². The second-order valence-electron chi connectivity index (χ2n) is 9.13. The van der Waals surface area contributed by atoms with Gasteiger partial charge in [0.25, 0.3) is 5.91 Å². The van der Waals surface area contributed by atoms with Crippen LogP contribution in [0.1, 0.15) is 21.6 Å². The number of ether oxygens (including phenoxy) is 2. The molecule has 0 aliphatic carbocycles. The summed E-state index contributed by atoms with van der Waals surface area (Å²) in [6, 6.07) is 23.6. The van der Waals surface area contributed by atoms with E-state index in [1.807, 2.05) is 42.6 Å². The summed E-state index contributed by atoms with van der Waals surface area (Å²) in [6.07, 6.45) is 3.69. The smallest absolute Gasteiger partial charge is 0.328 e. The number of methoxy groups -OCH3 is 1. The maximum Gasteiger partial charge on any atom is 0.328 e. The van der Waals surface area contributed by atoms with Crippen molar-refractivity contribution in [3.8, 4) is 16.9 Å². The second kappa shape index (κ2) is 12.0. The van der Waals surface area contributed by atoms with Gasteiger partial charge < -0.3 is 19.2 Å². The third-order valence-corrected chi connectivity index (χ3v) is 6.56. The molecule has 0 spiro atoms. The van der Waals surface area contributed by atoms with Gasteiger partial charge in [-0.05, 0) is 70.8 Å². The molecule has 40 heavy (non-hydrogen) atoms. The monoisotopic (exact) mass is 557 g/mol. The fourth-order valence-electron chi connectivity index (χ4n) is 4.23. The SMILES string of the molecule is COC(=O)C(Cc1ccc(OCc2cccc(F)c2)cc1)NC(=O)c1cn2cc(-c3ccc(Cl)cc3)ccc2n1. The van der Waals surface area contributed by atoms with Crippen molar-refractivity contribution in [1.29, 1.82) is 0 Å². The van der Waals surface area contributed by atoms with Crippen LogP contribution in [0.5, 0.6) is 5.75 Å². The molecule has 2 aromatic heterocycles. The molecule has 3 aromatic carbocycles. The zero-order valence-electron chi connectivity index (χ0n) is 21.5. The van der Waals surface area contributed by atoms with Crippen molar-refractivity contribution in [3.05, 3.63) is 125 Å². The third kappa shape index (κ3) is 6.47. The van der Waals surface area contributed by atoms with E-state index in [2.05, 4.69) is 10.3 Å². The molecule has 1 atom stereocenters. The fraction of sp³-hybridized carbons (Fsp3) is 0.129. The van der Waals surface area contributed by atoms with Crippen LogP contribution in [-0.4, -0.2) is 34.4 Å². The molecule has 1 unspecified atom stereocenters. The van der Waals surface area contributed by atoms with Crippen molar-refractivity contribution < 1.29 is 23.5 Å². The maximum absolute atomic E-state index is 13.4. The Hall–Kier alpha value is -4.69. The van der Waals surface area contributed by atoms with Crippen LogP contribution in [0.15, 0.2) is 97.3 Å². The van der Waals surface area contributed by atoms with Gasteiger partial charge in [-0.2, -0.15) is 0 Å². The van der Waals surface area contributed by atoms with E-state index in [-0.39, 0.29) is 24.5 Å². The highest BCUT2D eigenvalue weighted by Gasteiger charge is 2.24. The van der Waals surface area contributed by atoms with Gasteiger partial charge in [-0.3, -0.25) is 4.79 Å². The predicted octanol–water partition coefficient (Wildman–Crippen LogP) is 5.89. The van der Waals surface area contributed by atoms with Crippen LogP contribution in [0.25, 0.3) is 16.8 Å². The molecule has 0 saturated heterocycles. The molecule has 7 nitrogen and oxygen atoms in total. The van der Waals surface area contributed by atoms with Gasteiger partial charge in [-0.25, -0.2) is 14.2 Å². The van der Waals surface area contributed by atoms with Crippen molar-refractivity contribution in [3.63, 3.8) is 0 Å². The van der Waals surface area contributed by atoms with Crippen molar-refractivity contribution in [2.24, 2.45) is 0 Å². The number of nitrogens with one attached hydrogen (secondary N) is 1. The second-order valence-corrected chi connectivity index (χ2v) is 9.57. The average Bonchev–Trinajstić information content (AvgIpc) is 3.40. The summed E-state index contributed by atoms with van der Waals surface area (Å²) in [6.45, 7) is 0.220.